The van der Waals surface area contributed by atoms with Crippen molar-refractivity contribution in [1.82, 2.24) is 4.57 Å². The highest BCUT2D eigenvalue weighted by atomic mass is 19.3. The van der Waals surface area contributed by atoms with E-state index in [1.807, 2.05) is 22.9 Å². The fourth-order valence-electron chi connectivity index (χ4n) is 2.80. The Morgan fingerprint density at radius 1 is 1.25 bits per heavy atom. The van der Waals surface area contributed by atoms with E-state index < -0.39 is 6.61 Å². The number of ether oxygens (including phenoxy) is 1. The van der Waals surface area contributed by atoms with Crippen LogP contribution in [0.4, 0.5) is 8.78 Å². The molecule has 1 aromatic carbocycles. The number of hydrogen-bond acceptors (Lipinski definition) is 2. The molecular weight excluding hydrogens is 262 g/mol. The second-order valence-electron chi connectivity index (χ2n) is 4.93. The van der Waals surface area contributed by atoms with Gasteiger partial charge in [-0.1, -0.05) is 12.1 Å². The van der Waals surface area contributed by atoms with Gasteiger partial charge in [0.25, 0.3) is 0 Å². The number of nitrogens with two attached hydrogens (primary N) is 1. The lowest BCUT2D eigenvalue weighted by molar-refractivity contribution is -0.0498. The van der Waals surface area contributed by atoms with Crippen molar-refractivity contribution in [2.75, 3.05) is 0 Å². The van der Waals surface area contributed by atoms with Gasteiger partial charge in [-0.3, -0.25) is 0 Å². The summed E-state index contributed by atoms with van der Waals surface area (Å²) in [5.41, 5.74) is 8.91. The first-order chi connectivity index (χ1) is 9.66. The van der Waals surface area contributed by atoms with Gasteiger partial charge in [0.15, 0.2) is 0 Å². The zero-order valence-electron chi connectivity index (χ0n) is 10.9. The van der Waals surface area contributed by atoms with Crippen LogP contribution >= 0.6 is 0 Å². The van der Waals surface area contributed by atoms with Crippen LogP contribution < -0.4 is 10.5 Å². The number of hydrogen-bond donors (Lipinski definition) is 1. The lowest BCUT2D eigenvalue weighted by Crippen LogP contribution is -2.18. The Morgan fingerprint density at radius 3 is 2.85 bits per heavy atom. The SMILES string of the molecule is NC1CCCc2c1ccn2-c1ccccc1OC(F)F. The Hall–Kier alpha value is -1.88. The summed E-state index contributed by atoms with van der Waals surface area (Å²) >= 11 is 0. The average Bonchev–Trinajstić information content (AvgIpc) is 2.84. The van der Waals surface area contributed by atoms with Crippen molar-refractivity contribution in [3.63, 3.8) is 0 Å². The third-order valence-electron chi connectivity index (χ3n) is 3.70. The van der Waals surface area contributed by atoms with Crippen molar-refractivity contribution in [2.45, 2.75) is 31.9 Å². The smallest absolute Gasteiger partial charge is 0.387 e. The maximum absolute atomic E-state index is 12.5. The molecule has 5 heteroatoms. The number of aromatic nitrogens is 1. The molecule has 1 aliphatic carbocycles. The summed E-state index contributed by atoms with van der Waals surface area (Å²) in [6.45, 7) is -2.83. The molecule has 1 unspecified atom stereocenters. The van der Waals surface area contributed by atoms with Crippen LogP contribution in [0.1, 0.15) is 30.1 Å². The van der Waals surface area contributed by atoms with Gasteiger partial charge in [-0.25, -0.2) is 0 Å². The predicted octanol–water partition coefficient (Wildman–Crippen LogP) is 3.41. The molecule has 0 saturated carbocycles. The Labute approximate surface area is 116 Å². The lowest BCUT2D eigenvalue weighted by atomic mass is 9.93. The lowest BCUT2D eigenvalue weighted by Gasteiger charge is -2.21. The molecule has 0 aliphatic heterocycles. The molecule has 0 amide bonds. The van der Waals surface area contributed by atoms with E-state index in [2.05, 4.69) is 4.74 Å². The van der Waals surface area contributed by atoms with Gasteiger partial charge >= 0.3 is 6.61 Å². The van der Waals surface area contributed by atoms with Crippen LogP contribution in [0.3, 0.4) is 0 Å². The summed E-state index contributed by atoms with van der Waals surface area (Å²) in [6, 6.07) is 8.82. The van der Waals surface area contributed by atoms with Crippen molar-refractivity contribution in [1.29, 1.82) is 0 Å². The fourth-order valence-corrected chi connectivity index (χ4v) is 2.80. The Bertz CT molecular complexity index is 610. The number of fused-ring (bicyclic) bond motifs is 1. The second-order valence-corrected chi connectivity index (χ2v) is 4.93. The van der Waals surface area contributed by atoms with Crippen LogP contribution in [0.2, 0.25) is 0 Å². The van der Waals surface area contributed by atoms with Gasteiger partial charge in [0, 0.05) is 17.9 Å². The Balaban J connectivity index is 2.06. The summed E-state index contributed by atoms with van der Waals surface area (Å²) in [7, 11) is 0. The van der Waals surface area contributed by atoms with Gasteiger partial charge in [-0.05, 0) is 43.0 Å². The van der Waals surface area contributed by atoms with E-state index in [-0.39, 0.29) is 11.8 Å². The first-order valence-electron chi connectivity index (χ1n) is 6.66. The summed E-state index contributed by atoms with van der Waals surface area (Å²) in [5, 5.41) is 0. The number of benzene rings is 1. The van der Waals surface area contributed by atoms with Gasteiger partial charge in [0.1, 0.15) is 5.75 Å². The van der Waals surface area contributed by atoms with Gasteiger partial charge in [0.2, 0.25) is 0 Å². The summed E-state index contributed by atoms with van der Waals surface area (Å²) < 4.78 is 31.5. The van der Waals surface area contributed by atoms with E-state index in [0.717, 1.165) is 30.5 Å². The molecule has 0 bridgehead atoms. The minimum atomic E-state index is -2.83. The topological polar surface area (TPSA) is 40.2 Å². The molecule has 2 N–H and O–H groups in total. The molecule has 1 aromatic heterocycles. The molecule has 3 nitrogen and oxygen atoms in total. The number of rotatable bonds is 3. The van der Waals surface area contributed by atoms with E-state index in [9.17, 15) is 8.78 Å². The second kappa shape index (κ2) is 5.25. The van der Waals surface area contributed by atoms with E-state index in [1.54, 1.807) is 18.2 Å². The maximum Gasteiger partial charge on any atom is 0.387 e. The number of halogens is 2. The van der Waals surface area contributed by atoms with Gasteiger partial charge in [0.05, 0.1) is 5.69 Å². The molecule has 3 rings (SSSR count). The van der Waals surface area contributed by atoms with Crippen molar-refractivity contribution >= 4 is 0 Å². The molecule has 1 atom stereocenters. The van der Waals surface area contributed by atoms with Gasteiger partial charge in [-0.15, -0.1) is 0 Å². The quantitative estimate of drug-likeness (QED) is 0.934. The first kappa shape index (κ1) is 13.1. The number of para-hydroxylation sites is 2. The van der Waals surface area contributed by atoms with Crippen LogP contribution in [0.5, 0.6) is 5.75 Å². The first-order valence-corrected chi connectivity index (χ1v) is 6.66. The molecule has 1 aliphatic rings. The highest BCUT2D eigenvalue weighted by Crippen LogP contribution is 2.33. The van der Waals surface area contributed by atoms with Crippen LogP contribution in [0.15, 0.2) is 36.5 Å². The minimum Gasteiger partial charge on any atom is -0.433 e. The third kappa shape index (κ3) is 2.29. The molecule has 20 heavy (non-hydrogen) atoms. The fraction of sp³-hybridized carbons (Fsp3) is 0.333. The standard InChI is InChI=1S/C15H16F2N2O/c16-15(17)20-14-7-2-1-5-13(14)19-9-8-10-11(18)4-3-6-12(10)19/h1-2,5,7-9,11,15H,3-4,6,18H2. The molecule has 0 spiro atoms. The van der Waals surface area contributed by atoms with Crippen LogP contribution in [-0.2, 0) is 6.42 Å². The van der Waals surface area contributed by atoms with Crippen LogP contribution in [0, 0.1) is 0 Å². The summed E-state index contributed by atoms with van der Waals surface area (Å²) in [4.78, 5) is 0. The summed E-state index contributed by atoms with van der Waals surface area (Å²) in [5.74, 6) is 0.181. The third-order valence-corrected chi connectivity index (χ3v) is 3.70. The number of alkyl halides is 2. The van der Waals surface area contributed by atoms with Gasteiger partial charge in [-0.2, -0.15) is 8.78 Å². The average molecular weight is 278 g/mol. The minimum absolute atomic E-state index is 0.0307. The highest BCUT2D eigenvalue weighted by Gasteiger charge is 2.22. The van der Waals surface area contributed by atoms with E-state index in [4.69, 9.17) is 5.73 Å². The Morgan fingerprint density at radius 2 is 2.05 bits per heavy atom. The molecular formula is C15H16F2N2O. The van der Waals surface area contributed by atoms with E-state index in [1.165, 1.54) is 0 Å². The van der Waals surface area contributed by atoms with Crippen molar-refractivity contribution in [3.8, 4) is 11.4 Å². The molecule has 0 saturated heterocycles. The van der Waals surface area contributed by atoms with E-state index >= 15 is 0 Å². The van der Waals surface area contributed by atoms with Crippen LogP contribution in [0.25, 0.3) is 5.69 Å². The monoisotopic (exact) mass is 278 g/mol. The predicted molar refractivity (Wildman–Crippen MR) is 72.3 cm³/mol. The van der Waals surface area contributed by atoms with Gasteiger partial charge < -0.3 is 15.0 Å². The zero-order chi connectivity index (χ0) is 14.1. The zero-order valence-corrected chi connectivity index (χ0v) is 10.9. The molecule has 0 fully saturated rings. The highest BCUT2D eigenvalue weighted by molar-refractivity contribution is 5.50. The van der Waals surface area contributed by atoms with E-state index in [0.29, 0.717) is 5.69 Å². The molecule has 106 valence electrons. The molecule has 1 heterocycles. The Kier molecular flexibility index (Phi) is 3.44. The summed E-state index contributed by atoms with van der Waals surface area (Å²) in [6.07, 6.45) is 4.75. The van der Waals surface area contributed by atoms with Crippen molar-refractivity contribution in [2.24, 2.45) is 5.73 Å². The van der Waals surface area contributed by atoms with Crippen molar-refractivity contribution < 1.29 is 13.5 Å². The van der Waals surface area contributed by atoms with Crippen LogP contribution in [-0.4, -0.2) is 11.2 Å². The van der Waals surface area contributed by atoms with Crippen molar-refractivity contribution in [3.05, 3.63) is 47.8 Å². The number of nitrogens with zero attached hydrogens (tertiary/aromatic N) is 1. The largest absolute Gasteiger partial charge is 0.433 e. The normalized spacial score (nSPS) is 18.1. The molecule has 2 aromatic rings. The molecule has 0 radical (unpaired) electrons. The maximum atomic E-state index is 12.5.